The number of amides is 1. The quantitative estimate of drug-likeness (QED) is 0.853. The Bertz CT molecular complexity index is 699. The molecule has 1 atom stereocenters. The van der Waals surface area contributed by atoms with Crippen LogP contribution in [0, 0.1) is 6.92 Å². The number of hydrogen-bond donors (Lipinski definition) is 2. The Balaban J connectivity index is 2.07. The first-order valence-corrected chi connectivity index (χ1v) is 7.15. The van der Waals surface area contributed by atoms with E-state index in [2.05, 4.69) is 10.4 Å². The summed E-state index contributed by atoms with van der Waals surface area (Å²) < 4.78 is 1.52. The number of aromatic nitrogens is 2. The number of nitrogens with zero attached hydrogens (tertiary/aromatic N) is 2. The Labute approximate surface area is 130 Å². The van der Waals surface area contributed by atoms with Crippen molar-refractivity contribution in [2.45, 2.75) is 26.8 Å². The van der Waals surface area contributed by atoms with Crippen molar-refractivity contribution in [2.24, 2.45) is 7.05 Å². The van der Waals surface area contributed by atoms with Gasteiger partial charge < -0.3 is 10.4 Å². The van der Waals surface area contributed by atoms with E-state index < -0.39 is 0 Å². The van der Waals surface area contributed by atoms with E-state index in [0.29, 0.717) is 11.3 Å². The molecule has 5 heteroatoms. The zero-order valence-electron chi connectivity index (χ0n) is 13.3. The van der Waals surface area contributed by atoms with Gasteiger partial charge in [-0.15, -0.1) is 0 Å². The number of rotatable bonds is 4. The normalized spacial score (nSPS) is 13.0. The maximum Gasteiger partial charge on any atom is 0.247 e. The summed E-state index contributed by atoms with van der Waals surface area (Å²) in [5.41, 5.74) is 3.22. The fraction of sp³-hybridized carbons (Fsp3) is 0.294. The number of hydrogen-bond acceptors (Lipinski definition) is 3. The second-order valence-electron chi connectivity index (χ2n) is 5.51. The molecule has 2 rings (SSSR count). The molecule has 1 amide bonds. The number of aryl methyl sites for hydroxylation is 2. The molecular formula is C17H21N3O2. The predicted octanol–water partition coefficient (Wildman–Crippen LogP) is 2.71. The minimum Gasteiger partial charge on any atom is -0.504 e. The largest absolute Gasteiger partial charge is 0.504 e. The van der Waals surface area contributed by atoms with Crippen molar-refractivity contribution >= 4 is 12.0 Å². The Kier molecular flexibility index (Phi) is 4.65. The second kappa shape index (κ2) is 6.47. The van der Waals surface area contributed by atoms with Crippen molar-refractivity contribution in [3.63, 3.8) is 0 Å². The minimum atomic E-state index is -0.366. The van der Waals surface area contributed by atoms with E-state index in [-0.39, 0.29) is 17.7 Å². The lowest BCUT2D eigenvalue weighted by Crippen LogP contribution is -2.27. The zero-order valence-corrected chi connectivity index (χ0v) is 13.3. The molecule has 1 heterocycles. The van der Waals surface area contributed by atoms with E-state index in [1.165, 1.54) is 16.4 Å². The van der Waals surface area contributed by atoms with Crippen LogP contribution in [0.5, 0.6) is 5.75 Å². The molecule has 0 fully saturated rings. The Morgan fingerprint density at radius 1 is 1.36 bits per heavy atom. The summed E-state index contributed by atoms with van der Waals surface area (Å²) in [6, 6.07) is 7.59. The first-order valence-electron chi connectivity index (χ1n) is 7.15. The van der Waals surface area contributed by atoms with E-state index in [4.69, 9.17) is 0 Å². The zero-order chi connectivity index (χ0) is 16.3. The van der Waals surface area contributed by atoms with Gasteiger partial charge in [0.05, 0.1) is 12.2 Å². The molecule has 0 saturated heterocycles. The highest BCUT2D eigenvalue weighted by Gasteiger charge is 2.17. The highest BCUT2D eigenvalue weighted by Crippen LogP contribution is 2.21. The van der Waals surface area contributed by atoms with Crippen LogP contribution < -0.4 is 5.32 Å². The van der Waals surface area contributed by atoms with Crippen molar-refractivity contribution in [3.8, 4) is 5.75 Å². The summed E-state index contributed by atoms with van der Waals surface area (Å²) in [6.45, 7) is 5.58. The number of aromatic hydroxyl groups is 1. The molecule has 1 unspecified atom stereocenters. The van der Waals surface area contributed by atoms with Gasteiger partial charge >= 0.3 is 0 Å². The van der Waals surface area contributed by atoms with Crippen LogP contribution in [0.4, 0.5) is 0 Å². The van der Waals surface area contributed by atoms with Gasteiger partial charge in [0, 0.05) is 12.6 Å². The van der Waals surface area contributed by atoms with Crippen LogP contribution >= 0.6 is 0 Å². The molecule has 1 aromatic carbocycles. The number of carbonyl (C=O) groups is 1. The van der Waals surface area contributed by atoms with Gasteiger partial charge in [-0.3, -0.25) is 9.48 Å². The van der Waals surface area contributed by atoms with Gasteiger partial charge in [0.25, 0.3) is 0 Å². The van der Waals surface area contributed by atoms with Crippen molar-refractivity contribution in [2.75, 3.05) is 0 Å². The number of carbonyl (C=O) groups excluding carboxylic acids is 1. The van der Waals surface area contributed by atoms with Crippen LogP contribution in [0.25, 0.3) is 6.08 Å². The molecule has 0 aliphatic heterocycles. The molecule has 0 aliphatic rings. The first-order chi connectivity index (χ1) is 10.4. The fourth-order valence-electron chi connectivity index (χ4n) is 2.16. The third-order valence-corrected chi connectivity index (χ3v) is 3.41. The van der Waals surface area contributed by atoms with Crippen LogP contribution in [0.2, 0.25) is 0 Å². The molecule has 0 radical (unpaired) electrons. The third-order valence-electron chi connectivity index (χ3n) is 3.41. The average Bonchev–Trinajstić information content (AvgIpc) is 2.80. The summed E-state index contributed by atoms with van der Waals surface area (Å²) in [7, 11) is 1.72. The highest BCUT2D eigenvalue weighted by molar-refractivity contribution is 5.97. The lowest BCUT2D eigenvalue weighted by atomic mass is 10.1. The molecule has 2 N–H and O–H groups in total. The van der Waals surface area contributed by atoms with E-state index in [0.717, 1.165) is 5.56 Å². The first kappa shape index (κ1) is 15.8. The monoisotopic (exact) mass is 299 g/mol. The van der Waals surface area contributed by atoms with Crippen LogP contribution in [0.15, 0.2) is 36.0 Å². The van der Waals surface area contributed by atoms with Crippen molar-refractivity contribution in [1.82, 2.24) is 15.1 Å². The molecule has 1 aromatic heterocycles. The fourth-order valence-corrected chi connectivity index (χ4v) is 2.16. The Morgan fingerprint density at radius 2 is 2.00 bits per heavy atom. The van der Waals surface area contributed by atoms with Crippen molar-refractivity contribution in [3.05, 3.63) is 52.9 Å². The van der Waals surface area contributed by atoms with E-state index in [9.17, 15) is 9.90 Å². The molecular weight excluding hydrogens is 278 g/mol. The molecule has 22 heavy (non-hydrogen) atoms. The average molecular weight is 299 g/mol. The van der Waals surface area contributed by atoms with Gasteiger partial charge in [0.1, 0.15) is 5.69 Å². The second-order valence-corrected chi connectivity index (χ2v) is 5.51. The molecule has 0 bridgehead atoms. The molecule has 2 aromatic rings. The van der Waals surface area contributed by atoms with E-state index >= 15 is 0 Å². The number of nitrogens with one attached hydrogen (secondary N) is 1. The maximum absolute atomic E-state index is 12.2. The van der Waals surface area contributed by atoms with Gasteiger partial charge in [0.2, 0.25) is 5.91 Å². The van der Waals surface area contributed by atoms with E-state index in [1.807, 2.05) is 37.3 Å². The smallest absolute Gasteiger partial charge is 0.247 e. The molecule has 5 nitrogen and oxygen atoms in total. The van der Waals surface area contributed by atoms with Gasteiger partial charge in [-0.2, -0.15) is 5.10 Å². The molecule has 116 valence electrons. The summed E-state index contributed by atoms with van der Waals surface area (Å²) in [5.74, 6) is -0.103. The SMILES string of the molecule is C/C(=C\c1ccc(C)cc1)C(=O)NC(C)c1nn(C)cc1O. The highest BCUT2D eigenvalue weighted by atomic mass is 16.3. The number of benzene rings is 1. The Morgan fingerprint density at radius 3 is 2.55 bits per heavy atom. The molecule has 0 spiro atoms. The predicted molar refractivity (Wildman–Crippen MR) is 86.3 cm³/mol. The Hall–Kier alpha value is -2.56. The van der Waals surface area contributed by atoms with Gasteiger partial charge in [0.15, 0.2) is 5.75 Å². The molecule has 0 saturated carbocycles. The maximum atomic E-state index is 12.2. The third kappa shape index (κ3) is 3.75. The lowest BCUT2D eigenvalue weighted by Gasteiger charge is -2.12. The summed E-state index contributed by atoms with van der Waals surface area (Å²) in [6.07, 6.45) is 3.34. The van der Waals surface area contributed by atoms with Gasteiger partial charge in [-0.05, 0) is 32.4 Å². The summed E-state index contributed by atoms with van der Waals surface area (Å²) in [5, 5.41) is 16.8. The van der Waals surface area contributed by atoms with Crippen LogP contribution in [-0.2, 0) is 11.8 Å². The summed E-state index contributed by atoms with van der Waals surface area (Å²) in [4.78, 5) is 12.2. The standard InChI is InChI=1S/C17H21N3O2/c1-11-5-7-14(8-6-11)9-12(2)17(22)18-13(3)16-15(21)10-20(4)19-16/h5-10,13,21H,1-4H3,(H,18,22)/b12-9+. The van der Waals surface area contributed by atoms with E-state index in [1.54, 1.807) is 20.9 Å². The van der Waals surface area contributed by atoms with Gasteiger partial charge in [-0.25, -0.2) is 0 Å². The minimum absolute atomic E-state index is 0.0791. The summed E-state index contributed by atoms with van der Waals surface area (Å²) >= 11 is 0. The van der Waals surface area contributed by atoms with Crippen molar-refractivity contribution < 1.29 is 9.90 Å². The topological polar surface area (TPSA) is 67.2 Å². The van der Waals surface area contributed by atoms with Gasteiger partial charge in [-0.1, -0.05) is 29.8 Å². The van der Waals surface area contributed by atoms with Crippen molar-refractivity contribution in [1.29, 1.82) is 0 Å². The van der Waals surface area contributed by atoms with Crippen LogP contribution in [0.1, 0.15) is 36.7 Å². The molecule has 0 aliphatic carbocycles. The van der Waals surface area contributed by atoms with Crippen LogP contribution in [-0.4, -0.2) is 20.8 Å². The van der Waals surface area contributed by atoms with Crippen LogP contribution in [0.3, 0.4) is 0 Å². The lowest BCUT2D eigenvalue weighted by molar-refractivity contribution is -0.118.